The summed E-state index contributed by atoms with van der Waals surface area (Å²) in [6.07, 6.45) is 4.32. The van der Waals surface area contributed by atoms with Crippen LogP contribution in [-0.4, -0.2) is 62.8 Å². The first-order valence-electron chi connectivity index (χ1n) is 8.60. The van der Waals surface area contributed by atoms with Crippen molar-refractivity contribution in [2.45, 2.75) is 24.8 Å². The van der Waals surface area contributed by atoms with Gasteiger partial charge in [0.1, 0.15) is 29.9 Å². The van der Waals surface area contributed by atoms with Gasteiger partial charge in [0.2, 0.25) is 0 Å². The number of hydrogen-bond donors (Lipinski definition) is 3. The van der Waals surface area contributed by atoms with Crippen molar-refractivity contribution in [3.63, 3.8) is 0 Å². The van der Waals surface area contributed by atoms with Gasteiger partial charge in [0, 0.05) is 11.1 Å². The van der Waals surface area contributed by atoms with Crippen LogP contribution in [0.3, 0.4) is 0 Å². The lowest BCUT2D eigenvalue weighted by molar-refractivity contribution is -0.150. The summed E-state index contributed by atoms with van der Waals surface area (Å²) in [6, 6.07) is -0.878. The Morgan fingerprint density at radius 2 is 2.31 bits per heavy atom. The normalized spacial score (nSPS) is 21.8. The molecule has 3 heterocycles. The van der Waals surface area contributed by atoms with Crippen molar-refractivity contribution in [3.05, 3.63) is 34.5 Å². The zero-order chi connectivity index (χ0) is 21.1. The largest absolute Gasteiger partial charge is 0.477 e. The number of rotatable bonds is 7. The van der Waals surface area contributed by atoms with Crippen LogP contribution in [0.2, 0.25) is 0 Å². The number of anilines is 1. The van der Waals surface area contributed by atoms with Crippen LogP contribution in [-0.2, 0) is 19.2 Å². The van der Waals surface area contributed by atoms with Gasteiger partial charge in [0.05, 0.1) is 0 Å². The van der Waals surface area contributed by atoms with E-state index in [2.05, 4.69) is 15.5 Å². The number of fused-ring (bicyclic) bond motifs is 1. The highest BCUT2D eigenvalue weighted by molar-refractivity contribution is 8.00. The summed E-state index contributed by atoms with van der Waals surface area (Å²) in [7, 11) is 1.28. The molecule has 2 atom stereocenters. The van der Waals surface area contributed by atoms with E-state index in [4.69, 9.17) is 10.6 Å². The Balaban J connectivity index is 1.80. The van der Waals surface area contributed by atoms with Crippen molar-refractivity contribution < 1.29 is 24.3 Å². The van der Waals surface area contributed by atoms with Crippen molar-refractivity contribution in [1.82, 2.24) is 15.2 Å². The van der Waals surface area contributed by atoms with E-state index in [1.807, 2.05) is 13.0 Å². The lowest BCUT2D eigenvalue weighted by Gasteiger charge is -2.49. The zero-order valence-electron chi connectivity index (χ0n) is 15.6. The molecule has 29 heavy (non-hydrogen) atoms. The van der Waals surface area contributed by atoms with Crippen molar-refractivity contribution in [2.75, 3.05) is 18.6 Å². The molecule has 0 saturated carbocycles. The fraction of sp³-hybridized carbons (Fsp3) is 0.353. The van der Waals surface area contributed by atoms with Gasteiger partial charge < -0.3 is 21.0 Å². The number of aliphatic carboxylic acids is 1. The zero-order valence-corrected chi connectivity index (χ0v) is 17.2. The third kappa shape index (κ3) is 3.98. The number of nitrogens with two attached hydrogens (primary N) is 1. The second kappa shape index (κ2) is 8.66. The quantitative estimate of drug-likeness (QED) is 0.322. The highest BCUT2D eigenvalue weighted by atomic mass is 32.2. The van der Waals surface area contributed by atoms with E-state index in [-0.39, 0.29) is 22.2 Å². The van der Waals surface area contributed by atoms with E-state index >= 15 is 0 Å². The predicted octanol–water partition coefficient (Wildman–Crippen LogP) is 0.781. The lowest BCUT2D eigenvalue weighted by Crippen LogP contribution is -2.71. The number of carbonyl (C=O) groups is 3. The Morgan fingerprint density at radius 1 is 1.55 bits per heavy atom. The molecule has 2 amide bonds. The van der Waals surface area contributed by atoms with E-state index in [1.54, 1.807) is 11.5 Å². The predicted molar refractivity (Wildman–Crippen MR) is 109 cm³/mol. The van der Waals surface area contributed by atoms with Crippen molar-refractivity contribution in [1.29, 1.82) is 0 Å². The van der Waals surface area contributed by atoms with Gasteiger partial charge in [-0.1, -0.05) is 24.2 Å². The van der Waals surface area contributed by atoms with Crippen molar-refractivity contribution in [2.24, 2.45) is 5.16 Å². The summed E-state index contributed by atoms with van der Waals surface area (Å²) in [5, 5.41) is 17.2. The number of carboxylic acids is 1. The number of carboxylic acid groups (broad SMARTS) is 1. The van der Waals surface area contributed by atoms with E-state index < -0.39 is 29.2 Å². The molecule has 1 saturated heterocycles. The maximum absolute atomic E-state index is 12.7. The van der Waals surface area contributed by atoms with E-state index in [0.29, 0.717) is 11.3 Å². The number of hydrogen-bond acceptors (Lipinski definition) is 9. The molecule has 0 spiro atoms. The van der Waals surface area contributed by atoms with Gasteiger partial charge in [-0.15, -0.1) is 23.1 Å². The number of allylic oxidation sites excluding steroid dienone is 2. The molecule has 1 aromatic heterocycles. The molecule has 10 nitrogen and oxygen atoms in total. The van der Waals surface area contributed by atoms with Crippen molar-refractivity contribution in [3.8, 4) is 0 Å². The molecule has 2 aliphatic heterocycles. The SMILES string of the molecule is CC/C=C/C1=C(C(=O)O)N2C(=O)C(NC(=O)/C(=N/OC)c3csc(N)n3)[C@H]2SC1. The van der Waals surface area contributed by atoms with Gasteiger partial charge in [0.15, 0.2) is 10.8 Å². The minimum Gasteiger partial charge on any atom is -0.477 e. The number of aromatic nitrogens is 1. The Hall–Kier alpha value is -2.86. The number of carbonyl (C=O) groups excluding carboxylic acids is 2. The summed E-state index contributed by atoms with van der Waals surface area (Å²) < 4.78 is 0. The fourth-order valence-electron chi connectivity index (χ4n) is 2.93. The van der Waals surface area contributed by atoms with Crippen molar-refractivity contribution >= 4 is 51.7 Å². The van der Waals surface area contributed by atoms with Crippen LogP contribution in [0, 0.1) is 0 Å². The number of amides is 2. The van der Waals surface area contributed by atoms with E-state index in [9.17, 15) is 19.5 Å². The Labute approximate surface area is 174 Å². The Kier molecular flexibility index (Phi) is 6.23. The van der Waals surface area contributed by atoms with Crippen LogP contribution >= 0.6 is 23.1 Å². The Morgan fingerprint density at radius 3 is 2.90 bits per heavy atom. The van der Waals surface area contributed by atoms with Crippen LogP contribution in [0.15, 0.2) is 34.0 Å². The van der Waals surface area contributed by atoms with E-state index in [1.165, 1.54) is 23.8 Å². The smallest absolute Gasteiger partial charge is 0.352 e. The van der Waals surface area contributed by atoms with Crippen LogP contribution in [0.4, 0.5) is 5.13 Å². The number of nitrogens with one attached hydrogen (secondary N) is 1. The molecule has 0 bridgehead atoms. The standard InChI is InChI=1S/C17H19N5O5S2/c1-3-4-5-8-6-28-15-11(14(24)22(15)12(8)16(25)26)20-13(23)10(21-27-2)9-7-29-17(18)19-9/h4-5,7,11,15H,3,6H2,1-2H3,(H2,18,19)(H,20,23)(H,25,26)/b5-4+,21-10+/t11?,15-/m1/s1. The number of thioether (sulfide) groups is 1. The van der Waals surface area contributed by atoms with Crippen LogP contribution in [0.5, 0.6) is 0 Å². The maximum Gasteiger partial charge on any atom is 0.352 e. The number of nitrogen functional groups attached to an aromatic ring is 1. The monoisotopic (exact) mass is 437 g/mol. The lowest BCUT2D eigenvalue weighted by atomic mass is 10.0. The summed E-state index contributed by atoms with van der Waals surface area (Å²) in [6.45, 7) is 1.94. The van der Waals surface area contributed by atoms with Crippen LogP contribution in [0.25, 0.3) is 0 Å². The molecule has 0 radical (unpaired) electrons. The van der Waals surface area contributed by atoms with Gasteiger partial charge in [-0.2, -0.15) is 0 Å². The molecule has 3 rings (SSSR count). The number of nitrogens with zero attached hydrogens (tertiary/aromatic N) is 3. The Bertz CT molecular complexity index is 938. The minimum atomic E-state index is -1.18. The van der Waals surface area contributed by atoms with Crippen LogP contribution < -0.4 is 11.1 Å². The molecular weight excluding hydrogens is 418 g/mol. The van der Waals surface area contributed by atoms with Gasteiger partial charge in [-0.3, -0.25) is 14.5 Å². The average molecular weight is 438 g/mol. The highest BCUT2D eigenvalue weighted by Crippen LogP contribution is 2.40. The first-order chi connectivity index (χ1) is 13.9. The van der Waals surface area contributed by atoms with Gasteiger partial charge in [0.25, 0.3) is 11.8 Å². The summed E-state index contributed by atoms with van der Waals surface area (Å²) in [4.78, 5) is 47.0. The molecule has 1 aromatic rings. The highest BCUT2D eigenvalue weighted by Gasteiger charge is 2.54. The molecule has 1 unspecified atom stereocenters. The third-order valence-electron chi connectivity index (χ3n) is 4.20. The first-order valence-corrected chi connectivity index (χ1v) is 10.5. The second-order valence-electron chi connectivity index (χ2n) is 6.04. The minimum absolute atomic E-state index is 0.0491. The fourth-order valence-corrected chi connectivity index (χ4v) is 4.80. The van der Waals surface area contributed by atoms with Gasteiger partial charge in [-0.25, -0.2) is 9.78 Å². The van der Waals surface area contributed by atoms with Gasteiger partial charge in [-0.05, 0) is 12.0 Å². The van der Waals surface area contributed by atoms with E-state index in [0.717, 1.165) is 17.8 Å². The summed E-state index contributed by atoms with van der Waals surface area (Å²) in [5.74, 6) is -1.91. The third-order valence-corrected chi connectivity index (χ3v) is 6.18. The van der Waals surface area contributed by atoms with Gasteiger partial charge >= 0.3 is 5.97 Å². The molecule has 2 aliphatic rings. The average Bonchev–Trinajstić information content (AvgIpc) is 3.13. The number of β-lactam (4-membered cyclic amide) rings is 1. The molecule has 4 N–H and O–H groups in total. The second-order valence-corrected chi connectivity index (χ2v) is 8.04. The molecule has 12 heteroatoms. The molecule has 0 aliphatic carbocycles. The first kappa shape index (κ1) is 20.9. The topological polar surface area (TPSA) is 147 Å². The number of thiazole rings is 1. The summed E-state index contributed by atoms with van der Waals surface area (Å²) >= 11 is 2.52. The molecule has 0 aromatic carbocycles. The molecular formula is C17H19N5O5S2. The molecule has 1 fully saturated rings. The van der Waals surface area contributed by atoms with Crippen LogP contribution in [0.1, 0.15) is 19.0 Å². The maximum atomic E-state index is 12.7. The summed E-state index contributed by atoms with van der Waals surface area (Å²) in [5.41, 5.74) is 6.23. The number of oxime groups is 1. The molecule has 154 valence electrons.